The third kappa shape index (κ3) is 1.69. The second kappa shape index (κ2) is 3.70. The first kappa shape index (κ1) is 9.67. The van der Waals surface area contributed by atoms with Gasteiger partial charge in [0, 0.05) is 6.42 Å². The number of nitrogens with zero attached hydrogens (tertiary/aromatic N) is 2. The molecule has 1 aliphatic rings. The Morgan fingerprint density at radius 2 is 1.93 bits per heavy atom. The van der Waals surface area contributed by atoms with Crippen LogP contribution in [0.2, 0.25) is 0 Å². The highest BCUT2D eigenvalue weighted by molar-refractivity contribution is 5.27. The first-order chi connectivity index (χ1) is 7.29. The fourth-order valence-corrected chi connectivity index (χ4v) is 1.55. The molecule has 1 fully saturated rings. The maximum absolute atomic E-state index is 8.87. The zero-order valence-corrected chi connectivity index (χ0v) is 7.97. The molecule has 0 spiro atoms. The Morgan fingerprint density at radius 1 is 1.27 bits per heavy atom. The number of hydrogen-bond donors (Lipinski definition) is 1. The van der Waals surface area contributed by atoms with Crippen molar-refractivity contribution in [3.05, 3.63) is 35.9 Å². The van der Waals surface area contributed by atoms with Crippen molar-refractivity contribution in [2.75, 3.05) is 0 Å². The molecular weight excluding hydrogens is 190 g/mol. The van der Waals surface area contributed by atoms with Gasteiger partial charge < -0.3 is 0 Å². The number of rotatable bonds is 1. The molecule has 1 atom stereocenters. The minimum atomic E-state index is -1.21. The molecule has 0 radical (unpaired) electrons. The minimum absolute atomic E-state index is 0.231. The van der Waals surface area contributed by atoms with Crippen molar-refractivity contribution in [3.8, 4) is 12.1 Å². The molecule has 1 N–H and O–H groups in total. The van der Waals surface area contributed by atoms with Gasteiger partial charge in [0.2, 0.25) is 5.54 Å². The van der Waals surface area contributed by atoms with Crippen LogP contribution in [0, 0.1) is 22.7 Å². The largest absolute Gasteiger partial charge is 0.291 e. The van der Waals surface area contributed by atoms with Gasteiger partial charge in [-0.2, -0.15) is 16.0 Å². The molecule has 0 amide bonds. The molecule has 74 valence electrons. The van der Waals surface area contributed by atoms with Gasteiger partial charge in [-0.1, -0.05) is 30.3 Å². The van der Waals surface area contributed by atoms with Gasteiger partial charge in [0.05, 0.1) is 0 Å². The van der Waals surface area contributed by atoms with Gasteiger partial charge in [0.25, 0.3) is 0 Å². The summed E-state index contributed by atoms with van der Waals surface area (Å²) in [5.74, 6) is 0. The zero-order chi connectivity index (χ0) is 10.7. The average molecular weight is 199 g/mol. The number of nitriles is 2. The maximum atomic E-state index is 8.87. The van der Waals surface area contributed by atoms with Crippen LogP contribution >= 0.6 is 0 Å². The van der Waals surface area contributed by atoms with E-state index in [-0.39, 0.29) is 6.10 Å². The Morgan fingerprint density at radius 3 is 2.47 bits per heavy atom. The van der Waals surface area contributed by atoms with Gasteiger partial charge in [0.1, 0.15) is 18.2 Å². The quantitative estimate of drug-likeness (QED) is 0.743. The molecule has 0 saturated carbocycles. The van der Waals surface area contributed by atoms with E-state index in [1.807, 2.05) is 42.5 Å². The van der Waals surface area contributed by atoms with E-state index in [1.54, 1.807) is 0 Å². The number of nitrogens with one attached hydrogen (secondary N) is 1. The lowest BCUT2D eigenvalue weighted by molar-refractivity contribution is 0.0239. The van der Waals surface area contributed by atoms with Crippen molar-refractivity contribution in [3.63, 3.8) is 0 Å². The Balaban J connectivity index is 2.19. The van der Waals surface area contributed by atoms with Crippen LogP contribution in [0.15, 0.2) is 30.3 Å². The predicted octanol–water partition coefficient (Wildman–Crippen LogP) is 1.44. The summed E-state index contributed by atoms with van der Waals surface area (Å²) in [6, 6.07) is 13.4. The van der Waals surface area contributed by atoms with Crippen molar-refractivity contribution in [1.82, 2.24) is 5.48 Å². The minimum Gasteiger partial charge on any atom is -0.291 e. The molecule has 0 aromatic heterocycles. The smallest absolute Gasteiger partial charge is 0.217 e. The van der Waals surface area contributed by atoms with Gasteiger partial charge in [-0.15, -0.1) is 0 Å². The summed E-state index contributed by atoms with van der Waals surface area (Å²) in [7, 11) is 0. The first-order valence-electron chi connectivity index (χ1n) is 4.60. The summed E-state index contributed by atoms with van der Waals surface area (Å²) >= 11 is 0. The summed E-state index contributed by atoms with van der Waals surface area (Å²) in [5.41, 5.74) is 2.26. The van der Waals surface area contributed by atoms with Crippen LogP contribution in [0.3, 0.4) is 0 Å². The number of hydroxylamine groups is 1. The number of hydrogen-bond acceptors (Lipinski definition) is 4. The lowest BCUT2D eigenvalue weighted by atomic mass is 9.94. The van der Waals surface area contributed by atoms with Crippen LogP contribution in [0.1, 0.15) is 18.1 Å². The van der Waals surface area contributed by atoms with Gasteiger partial charge >= 0.3 is 0 Å². The topological polar surface area (TPSA) is 68.8 Å². The van der Waals surface area contributed by atoms with Crippen LogP contribution in [-0.4, -0.2) is 5.54 Å². The van der Waals surface area contributed by atoms with Crippen molar-refractivity contribution < 1.29 is 4.84 Å². The molecule has 1 heterocycles. The number of benzene rings is 1. The standard InChI is InChI=1S/C11H9N3O/c12-7-11(8-13)6-10(15-14-11)9-4-2-1-3-5-9/h1-5,10,14H,6H2. The molecule has 1 saturated heterocycles. The van der Waals surface area contributed by atoms with E-state index in [1.165, 1.54) is 0 Å². The summed E-state index contributed by atoms with van der Waals surface area (Å²) in [4.78, 5) is 5.24. The van der Waals surface area contributed by atoms with Crippen molar-refractivity contribution in [1.29, 1.82) is 10.5 Å². The van der Waals surface area contributed by atoms with E-state index in [9.17, 15) is 0 Å². The predicted molar refractivity (Wildman–Crippen MR) is 52.0 cm³/mol. The van der Waals surface area contributed by atoms with Crippen LogP contribution < -0.4 is 5.48 Å². The molecule has 1 aliphatic heterocycles. The van der Waals surface area contributed by atoms with E-state index in [2.05, 4.69) is 5.48 Å². The second-order valence-corrected chi connectivity index (χ2v) is 3.45. The zero-order valence-electron chi connectivity index (χ0n) is 7.97. The van der Waals surface area contributed by atoms with Crippen LogP contribution in [0.4, 0.5) is 0 Å². The Bertz CT molecular complexity index is 415. The SMILES string of the molecule is N#CC1(C#N)CC(c2ccccc2)ON1. The molecule has 1 aromatic rings. The lowest BCUT2D eigenvalue weighted by Gasteiger charge is -2.07. The molecular formula is C11H9N3O. The Labute approximate surface area is 87.7 Å². The summed E-state index contributed by atoms with van der Waals surface area (Å²) in [6.07, 6.45) is 0.120. The summed E-state index contributed by atoms with van der Waals surface area (Å²) in [5, 5.41) is 17.7. The summed E-state index contributed by atoms with van der Waals surface area (Å²) < 4.78 is 0. The van der Waals surface area contributed by atoms with Gasteiger partial charge in [-0.25, -0.2) is 0 Å². The molecule has 2 rings (SSSR count). The average Bonchev–Trinajstić information content (AvgIpc) is 2.75. The molecule has 1 aromatic carbocycles. The van der Waals surface area contributed by atoms with Crippen molar-refractivity contribution in [2.45, 2.75) is 18.1 Å². The molecule has 4 heteroatoms. The fraction of sp³-hybridized carbons (Fsp3) is 0.273. The first-order valence-corrected chi connectivity index (χ1v) is 4.60. The maximum Gasteiger partial charge on any atom is 0.217 e. The molecule has 1 unspecified atom stereocenters. The highest BCUT2D eigenvalue weighted by Crippen LogP contribution is 2.32. The van der Waals surface area contributed by atoms with Gasteiger partial charge in [-0.05, 0) is 5.56 Å². The normalized spacial score (nSPS) is 22.9. The molecule has 0 bridgehead atoms. The van der Waals surface area contributed by atoms with E-state index >= 15 is 0 Å². The monoisotopic (exact) mass is 199 g/mol. The highest BCUT2D eigenvalue weighted by Gasteiger charge is 2.41. The Kier molecular flexibility index (Phi) is 2.39. The second-order valence-electron chi connectivity index (χ2n) is 3.45. The fourth-order valence-electron chi connectivity index (χ4n) is 1.55. The van der Waals surface area contributed by atoms with Gasteiger partial charge in [0.15, 0.2) is 0 Å². The van der Waals surface area contributed by atoms with Crippen molar-refractivity contribution >= 4 is 0 Å². The van der Waals surface area contributed by atoms with Gasteiger partial charge in [-0.3, -0.25) is 4.84 Å². The lowest BCUT2D eigenvalue weighted by Crippen LogP contribution is -2.35. The van der Waals surface area contributed by atoms with Crippen LogP contribution in [0.5, 0.6) is 0 Å². The molecule has 15 heavy (non-hydrogen) atoms. The van der Waals surface area contributed by atoms with Crippen LogP contribution in [0.25, 0.3) is 0 Å². The highest BCUT2D eigenvalue weighted by atomic mass is 16.7. The van der Waals surface area contributed by atoms with Crippen LogP contribution in [-0.2, 0) is 4.84 Å². The van der Waals surface area contributed by atoms with E-state index < -0.39 is 5.54 Å². The molecule has 0 aliphatic carbocycles. The van der Waals surface area contributed by atoms with Crippen molar-refractivity contribution in [2.24, 2.45) is 0 Å². The van der Waals surface area contributed by atoms with E-state index in [4.69, 9.17) is 15.4 Å². The van der Waals surface area contributed by atoms with E-state index in [0.717, 1.165) is 5.56 Å². The summed E-state index contributed by atoms with van der Waals surface area (Å²) in [6.45, 7) is 0. The Hall–Kier alpha value is -1.88. The third-order valence-electron chi connectivity index (χ3n) is 2.42. The molecule has 4 nitrogen and oxygen atoms in total. The third-order valence-corrected chi connectivity index (χ3v) is 2.42. The van der Waals surface area contributed by atoms with E-state index in [0.29, 0.717) is 6.42 Å².